The summed E-state index contributed by atoms with van der Waals surface area (Å²) < 4.78 is 52.6. The predicted molar refractivity (Wildman–Crippen MR) is 394 cm³/mol. The van der Waals surface area contributed by atoms with Crippen molar-refractivity contribution in [2.45, 2.75) is 262 Å². The van der Waals surface area contributed by atoms with E-state index in [4.69, 9.17) is 60.5 Å². The molecule has 0 saturated carbocycles. The standard InChI is InChI=1S/C11H20O4.C10H10O2.C10H14.C8H10O2.C8H22OSi2.C5H8O4.C5H8O2.2C5H12.C4H6Cl2.C2H6.CH4/c1-3-9-12-5-11(6-13-9)7-14-10(4-2)15-8-11;1-10(2)8-6-4-3-5-7(8)9(11)12-10;1-10(2,3)9-7-5-4-6-8-9;1-9-7-3-5-8(10-2)6-4-7;1-7-10(3,4)9-11(5,6)8-2;1-4(6)8-3-9-5(2)7;1-4(6)3-5(2)7;2*1-5(2,3)4;1-3(2)4(5)6;1-2;/h9-10H,3-8H2,1-2H3;3-6H,1-2H3;4-8H,1-3H3;3-6H,1-2H3;7-8H2,1-6H3;3H2,1-2H3;3H2,1-2H3;2*1-4H3;1-2H3;1-2H3;1H4. The van der Waals surface area contributed by atoms with Crippen LogP contribution in [0.5, 0.6) is 11.5 Å². The fourth-order valence-corrected chi connectivity index (χ4v) is 13.7. The Labute approximate surface area is 579 Å². The molecule has 3 heterocycles. The Bertz CT molecular complexity index is 2330. The van der Waals surface area contributed by atoms with Crippen LogP contribution in [0.2, 0.25) is 38.3 Å². The van der Waals surface area contributed by atoms with Gasteiger partial charge in [0.15, 0.2) is 29.2 Å². The van der Waals surface area contributed by atoms with Gasteiger partial charge in [-0.25, -0.2) is 4.79 Å². The molecule has 2 fully saturated rings. The molecule has 0 atom stereocenters. The Kier molecular flexibility index (Phi) is 55.5. The summed E-state index contributed by atoms with van der Waals surface area (Å²) in [5, 5.41) is 0. The van der Waals surface area contributed by atoms with E-state index in [1.807, 2.05) is 84.0 Å². The van der Waals surface area contributed by atoms with Crippen molar-refractivity contribution in [2.24, 2.45) is 16.2 Å². The van der Waals surface area contributed by atoms with E-state index in [1.54, 1.807) is 20.3 Å². The molecule has 540 valence electrons. The van der Waals surface area contributed by atoms with Crippen LogP contribution in [0.15, 0.2) is 88.9 Å². The molecule has 3 aromatic carbocycles. The molecule has 0 aliphatic carbocycles. The number of benzene rings is 3. The van der Waals surface area contributed by atoms with Gasteiger partial charge < -0.3 is 46.7 Å². The molecule has 0 amide bonds. The van der Waals surface area contributed by atoms with Crippen molar-refractivity contribution in [3.05, 3.63) is 106 Å². The quantitative estimate of drug-likeness (QED) is 0.0723. The summed E-state index contributed by atoms with van der Waals surface area (Å²) in [4.78, 5) is 51.3. The third kappa shape index (κ3) is 59.8. The van der Waals surface area contributed by atoms with Crippen LogP contribution in [0.25, 0.3) is 0 Å². The minimum Gasteiger partial charge on any atom is -0.497 e. The smallest absolute Gasteiger partial charge is 0.339 e. The van der Waals surface area contributed by atoms with E-state index in [9.17, 15) is 24.0 Å². The van der Waals surface area contributed by atoms with Crippen molar-refractivity contribution in [1.82, 2.24) is 0 Å². The summed E-state index contributed by atoms with van der Waals surface area (Å²) in [7, 11) is 0.737. The van der Waals surface area contributed by atoms with Crippen LogP contribution in [0, 0.1) is 16.2 Å². The largest absolute Gasteiger partial charge is 0.497 e. The van der Waals surface area contributed by atoms with Crippen LogP contribution in [-0.2, 0) is 67.5 Å². The van der Waals surface area contributed by atoms with Gasteiger partial charge >= 0.3 is 17.9 Å². The summed E-state index contributed by atoms with van der Waals surface area (Å²) in [6.07, 6.45) is 1.80. The fraction of sp³-hybridized carbons (Fsp3) is 0.662. The maximum Gasteiger partial charge on any atom is 0.339 e. The summed E-state index contributed by atoms with van der Waals surface area (Å²) in [6.45, 7) is 61.3. The maximum absolute atomic E-state index is 11.3. The van der Waals surface area contributed by atoms with E-state index in [-0.39, 0.29) is 56.2 Å². The highest BCUT2D eigenvalue weighted by Gasteiger charge is 2.41. The van der Waals surface area contributed by atoms with Crippen LogP contribution >= 0.6 is 23.2 Å². The number of halogens is 2. The molecule has 0 N–H and O–H groups in total. The van der Waals surface area contributed by atoms with Crippen LogP contribution in [0.1, 0.15) is 221 Å². The van der Waals surface area contributed by atoms with E-state index in [0.29, 0.717) is 52.7 Å². The molecule has 3 aliphatic rings. The van der Waals surface area contributed by atoms with E-state index >= 15 is 0 Å². The fourth-order valence-electron chi connectivity index (χ4n) is 6.51. The Balaban J connectivity index is -0.000000229. The van der Waals surface area contributed by atoms with Crippen LogP contribution in [-0.4, -0.2) is 106 Å². The van der Waals surface area contributed by atoms with Crippen LogP contribution < -0.4 is 9.47 Å². The van der Waals surface area contributed by atoms with Gasteiger partial charge in [-0.2, -0.15) is 0 Å². The number of cyclic esters (lactones) is 1. The normalized spacial score (nSPS) is 16.3. The Morgan fingerprint density at radius 3 is 1.10 bits per heavy atom. The molecule has 1 spiro atoms. The lowest BCUT2D eigenvalue weighted by Gasteiger charge is -2.43. The lowest BCUT2D eigenvalue weighted by atomic mass is 9.87. The van der Waals surface area contributed by atoms with E-state index in [0.717, 1.165) is 35.5 Å². The molecule has 15 nitrogen and oxygen atoms in total. The zero-order valence-corrected chi connectivity index (χ0v) is 66.6. The average molecular weight is 1390 g/mol. The van der Waals surface area contributed by atoms with Gasteiger partial charge in [-0.1, -0.05) is 197 Å². The number of carbonyl (C=O) groups is 5. The van der Waals surface area contributed by atoms with Crippen LogP contribution in [0.4, 0.5) is 0 Å². The molecule has 0 bridgehead atoms. The molecule has 3 aliphatic heterocycles. The van der Waals surface area contributed by atoms with E-state index < -0.39 is 34.2 Å². The molecular formula is C74H132Cl2O15Si2. The van der Waals surface area contributed by atoms with Gasteiger partial charge in [0.25, 0.3) is 0 Å². The van der Waals surface area contributed by atoms with Crippen molar-refractivity contribution in [3.63, 3.8) is 0 Å². The highest BCUT2D eigenvalue weighted by atomic mass is 35.5. The minimum atomic E-state index is -1.27. The van der Waals surface area contributed by atoms with Crippen molar-refractivity contribution in [1.29, 1.82) is 0 Å². The molecule has 93 heavy (non-hydrogen) atoms. The predicted octanol–water partition coefficient (Wildman–Crippen LogP) is 20.9. The Hall–Kier alpha value is -4.44. The number of Topliss-reactive ketones (excluding diaryl/α,β-unsaturated/α-hetero) is 2. The van der Waals surface area contributed by atoms with Gasteiger partial charge in [-0.15, -0.1) is 0 Å². The number of rotatable bonds is 12. The highest BCUT2D eigenvalue weighted by Crippen LogP contribution is 2.35. The van der Waals surface area contributed by atoms with Gasteiger partial charge in [0.1, 0.15) is 33.2 Å². The molecule has 0 unspecified atom stereocenters. The van der Waals surface area contributed by atoms with E-state index in [1.165, 1.54) is 45.3 Å². The first-order chi connectivity index (χ1) is 42.1. The summed E-state index contributed by atoms with van der Waals surface area (Å²) >= 11 is 10.5. The second-order valence-electron chi connectivity index (χ2n) is 27.9. The summed E-state index contributed by atoms with van der Waals surface area (Å²) in [5.41, 5.74) is 4.80. The number of hydrogen-bond acceptors (Lipinski definition) is 15. The zero-order chi connectivity index (χ0) is 72.9. The number of allylic oxidation sites excluding steroid dienone is 1. The lowest BCUT2D eigenvalue weighted by Crippen LogP contribution is -2.52. The Morgan fingerprint density at radius 2 is 0.871 bits per heavy atom. The van der Waals surface area contributed by atoms with Crippen molar-refractivity contribution in [2.75, 3.05) is 47.4 Å². The first-order valence-corrected chi connectivity index (χ1v) is 39.0. The number of ketones is 2. The van der Waals surface area contributed by atoms with Crippen molar-refractivity contribution >= 4 is 69.3 Å². The second kappa shape index (κ2) is 51.8. The van der Waals surface area contributed by atoms with E-state index in [2.05, 4.69) is 170 Å². The first-order valence-electron chi connectivity index (χ1n) is 32.1. The van der Waals surface area contributed by atoms with Gasteiger partial charge in [-0.3, -0.25) is 19.2 Å². The molecule has 0 radical (unpaired) electrons. The molecule has 2 saturated heterocycles. The lowest BCUT2D eigenvalue weighted by molar-refractivity contribution is -0.302. The molecule has 19 heteroatoms. The SMILES string of the molecule is C.CC.CC(=O)CC(C)=O.CC(=O)OCOC(C)=O.CC(C)(C)C.CC(C)(C)C.CC(C)(C)c1ccccc1.CC(C)=C(Cl)Cl.CC1(C)OC(=O)c2ccccc21.CCC1OCC2(CO1)COC(CC)OC2.CC[Si](C)(C)O[Si](C)(C)CC.COc1ccc(OC)cc1. The molecule has 0 aromatic heterocycles. The monoisotopic (exact) mass is 1390 g/mol. The minimum absolute atomic E-state index is 0. The molecule has 3 aromatic rings. The zero-order valence-electron chi connectivity index (χ0n) is 63.1. The third-order valence-electron chi connectivity index (χ3n) is 11.7. The van der Waals surface area contributed by atoms with Gasteiger partial charge in [0, 0.05) is 19.4 Å². The average Bonchev–Trinajstić information content (AvgIpc) is 1.69. The van der Waals surface area contributed by atoms with Gasteiger partial charge in [0.2, 0.25) is 6.79 Å². The van der Waals surface area contributed by atoms with Gasteiger partial charge in [-0.05, 0) is 150 Å². The Morgan fingerprint density at radius 1 is 0.559 bits per heavy atom. The topological polar surface area (TPSA) is 178 Å². The number of fused-ring (bicyclic) bond motifs is 1. The van der Waals surface area contributed by atoms with Crippen molar-refractivity contribution in [3.8, 4) is 11.5 Å². The number of carbonyl (C=O) groups excluding carboxylic acids is 5. The second-order valence-corrected chi connectivity index (χ2v) is 38.1. The highest BCUT2D eigenvalue weighted by molar-refractivity contribution is 6.84. The molecular weight excluding hydrogens is 1260 g/mol. The first kappa shape index (κ1) is 99.6. The van der Waals surface area contributed by atoms with Gasteiger partial charge in [0.05, 0.1) is 58.0 Å². The number of ether oxygens (including phenoxy) is 9. The summed E-state index contributed by atoms with van der Waals surface area (Å²) in [5.74, 6) is 0.435. The van der Waals surface area contributed by atoms with Crippen molar-refractivity contribution < 1.29 is 70.7 Å². The molecule has 6 rings (SSSR count). The number of methoxy groups -OCH3 is 2. The number of hydrogen-bond donors (Lipinski definition) is 0. The maximum atomic E-state index is 11.3. The van der Waals surface area contributed by atoms with Crippen LogP contribution in [0.3, 0.4) is 0 Å². The number of esters is 3. The third-order valence-corrected chi connectivity index (χ3v) is 20.3. The summed E-state index contributed by atoms with van der Waals surface area (Å²) in [6, 6.07) is 28.0.